The van der Waals surface area contributed by atoms with Gasteiger partial charge in [0.1, 0.15) is 18.1 Å². The fourth-order valence-corrected chi connectivity index (χ4v) is 4.15. The van der Waals surface area contributed by atoms with E-state index in [0.29, 0.717) is 11.4 Å². The molecule has 0 spiro atoms. The number of benzene rings is 2. The number of rotatable bonds is 8. The highest BCUT2D eigenvalue weighted by molar-refractivity contribution is 6.12. The second kappa shape index (κ2) is 11.0. The van der Waals surface area contributed by atoms with E-state index < -0.39 is 36.0 Å². The Labute approximate surface area is 204 Å². The lowest BCUT2D eigenvalue weighted by Crippen LogP contribution is -2.61. The van der Waals surface area contributed by atoms with Crippen LogP contribution < -0.4 is 20.9 Å². The van der Waals surface area contributed by atoms with Crippen molar-refractivity contribution in [2.75, 3.05) is 10.2 Å². The Balaban J connectivity index is 1.82. The molecular formula is C26H32N4O5. The van der Waals surface area contributed by atoms with Crippen LogP contribution in [0.4, 0.5) is 16.2 Å². The molecule has 0 bridgehead atoms. The average Bonchev–Trinajstić information content (AvgIpc) is 2.81. The van der Waals surface area contributed by atoms with E-state index in [-0.39, 0.29) is 24.2 Å². The van der Waals surface area contributed by atoms with E-state index in [4.69, 9.17) is 0 Å². The molecule has 0 aliphatic carbocycles. The van der Waals surface area contributed by atoms with E-state index in [0.717, 1.165) is 5.56 Å². The Morgan fingerprint density at radius 2 is 1.60 bits per heavy atom. The van der Waals surface area contributed by atoms with Gasteiger partial charge in [0.25, 0.3) is 0 Å². The van der Waals surface area contributed by atoms with Crippen molar-refractivity contribution in [3.8, 4) is 0 Å². The molecule has 4 N–H and O–H groups in total. The molecular weight excluding hydrogens is 448 g/mol. The van der Waals surface area contributed by atoms with E-state index in [2.05, 4.69) is 16.0 Å². The highest BCUT2D eigenvalue weighted by Crippen LogP contribution is 2.34. The van der Waals surface area contributed by atoms with E-state index in [9.17, 15) is 24.3 Å². The third-order valence-corrected chi connectivity index (χ3v) is 5.94. The van der Waals surface area contributed by atoms with Crippen molar-refractivity contribution in [1.29, 1.82) is 0 Å². The molecule has 2 aromatic carbocycles. The van der Waals surface area contributed by atoms with Gasteiger partial charge in [0.15, 0.2) is 0 Å². The van der Waals surface area contributed by atoms with Crippen molar-refractivity contribution >= 4 is 35.2 Å². The Hall–Kier alpha value is -3.88. The normalized spacial score (nSPS) is 16.8. The second-order valence-corrected chi connectivity index (χ2v) is 9.33. The smallest absolute Gasteiger partial charge is 0.326 e. The molecule has 186 valence electrons. The number of fused-ring (bicyclic) bond motifs is 1. The van der Waals surface area contributed by atoms with Gasteiger partial charge in [-0.25, -0.2) is 9.59 Å². The van der Waals surface area contributed by atoms with Crippen LogP contribution in [0.5, 0.6) is 0 Å². The lowest BCUT2D eigenvalue weighted by Gasteiger charge is -2.39. The predicted octanol–water partition coefficient (Wildman–Crippen LogP) is 3.02. The number of nitrogens with one attached hydrogen (secondary N) is 3. The van der Waals surface area contributed by atoms with Crippen LogP contribution >= 0.6 is 0 Å². The summed E-state index contributed by atoms with van der Waals surface area (Å²) >= 11 is 0. The molecule has 0 radical (unpaired) electrons. The molecule has 2 aromatic rings. The number of amides is 4. The molecule has 0 unspecified atom stereocenters. The van der Waals surface area contributed by atoms with Crippen molar-refractivity contribution in [3.63, 3.8) is 0 Å². The third kappa shape index (κ3) is 5.98. The van der Waals surface area contributed by atoms with Crippen molar-refractivity contribution in [3.05, 3.63) is 60.2 Å². The van der Waals surface area contributed by atoms with E-state index in [1.165, 1.54) is 4.90 Å². The lowest BCUT2D eigenvalue weighted by molar-refractivity contribution is -0.142. The number of carbonyl (C=O) groups excluding carboxylic acids is 3. The predicted molar refractivity (Wildman–Crippen MR) is 133 cm³/mol. The largest absolute Gasteiger partial charge is 0.480 e. The SMILES string of the molecule is CC(C)[C@H]1C(=O)Nc2ccccc2N1C(=O)N[C@@H](C(=O)N[C@@H](Cc1ccccc1)C(=O)O)C(C)C. The first-order valence-electron chi connectivity index (χ1n) is 11.7. The fourth-order valence-electron chi connectivity index (χ4n) is 4.15. The summed E-state index contributed by atoms with van der Waals surface area (Å²) in [6.45, 7) is 7.20. The van der Waals surface area contributed by atoms with Gasteiger partial charge in [0, 0.05) is 6.42 Å². The van der Waals surface area contributed by atoms with Crippen LogP contribution in [-0.4, -0.2) is 47.0 Å². The molecule has 1 aliphatic rings. The summed E-state index contributed by atoms with van der Waals surface area (Å²) in [7, 11) is 0. The highest BCUT2D eigenvalue weighted by Gasteiger charge is 2.40. The maximum atomic E-state index is 13.5. The summed E-state index contributed by atoms with van der Waals surface area (Å²) in [5, 5.41) is 17.8. The monoisotopic (exact) mass is 480 g/mol. The molecule has 0 fully saturated rings. The van der Waals surface area contributed by atoms with Gasteiger partial charge in [-0.1, -0.05) is 70.2 Å². The van der Waals surface area contributed by atoms with Crippen LogP contribution in [0.3, 0.4) is 0 Å². The lowest BCUT2D eigenvalue weighted by atomic mass is 9.97. The summed E-state index contributed by atoms with van der Waals surface area (Å²) in [6, 6.07) is 12.4. The maximum absolute atomic E-state index is 13.5. The Morgan fingerprint density at radius 1 is 0.971 bits per heavy atom. The summed E-state index contributed by atoms with van der Waals surface area (Å²) in [6.07, 6.45) is 0.107. The summed E-state index contributed by atoms with van der Waals surface area (Å²) in [5.74, 6) is -2.61. The number of nitrogens with zero attached hydrogens (tertiary/aromatic N) is 1. The third-order valence-electron chi connectivity index (χ3n) is 5.94. The van der Waals surface area contributed by atoms with Crippen molar-refractivity contribution < 1.29 is 24.3 Å². The second-order valence-electron chi connectivity index (χ2n) is 9.33. The van der Waals surface area contributed by atoms with E-state index in [1.54, 1.807) is 62.4 Å². The van der Waals surface area contributed by atoms with E-state index in [1.807, 2.05) is 19.9 Å². The van der Waals surface area contributed by atoms with Crippen LogP contribution in [0.25, 0.3) is 0 Å². The Morgan fingerprint density at radius 3 is 2.20 bits per heavy atom. The molecule has 9 heteroatoms. The number of carbonyl (C=O) groups is 4. The molecule has 0 aromatic heterocycles. The number of urea groups is 1. The van der Waals surface area contributed by atoms with Crippen LogP contribution in [0, 0.1) is 11.8 Å². The molecule has 3 atom stereocenters. The number of carboxylic acids is 1. The van der Waals surface area contributed by atoms with Gasteiger partial charge in [-0.15, -0.1) is 0 Å². The summed E-state index contributed by atoms with van der Waals surface area (Å²) in [5.41, 5.74) is 1.80. The van der Waals surface area contributed by atoms with Crippen LogP contribution in [0.1, 0.15) is 33.3 Å². The molecule has 1 aliphatic heterocycles. The average molecular weight is 481 g/mol. The fraction of sp³-hybridized carbons (Fsp3) is 0.385. The van der Waals surface area contributed by atoms with Gasteiger partial charge in [-0.3, -0.25) is 14.5 Å². The molecule has 0 saturated carbocycles. The van der Waals surface area contributed by atoms with E-state index >= 15 is 0 Å². The van der Waals surface area contributed by atoms with Gasteiger partial charge in [-0.05, 0) is 29.5 Å². The van der Waals surface area contributed by atoms with Gasteiger partial charge < -0.3 is 21.1 Å². The molecule has 1 heterocycles. The first kappa shape index (κ1) is 25.7. The van der Waals surface area contributed by atoms with Crippen LogP contribution in [0.2, 0.25) is 0 Å². The minimum atomic E-state index is -1.17. The highest BCUT2D eigenvalue weighted by atomic mass is 16.4. The van der Waals surface area contributed by atoms with Gasteiger partial charge in [0.05, 0.1) is 11.4 Å². The quantitative estimate of drug-likeness (QED) is 0.462. The van der Waals surface area contributed by atoms with Gasteiger partial charge in [0.2, 0.25) is 11.8 Å². The standard InChI is InChI=1S/C26H32N4O5/c1-15(2)21(23(31)28-19(25(33)34)14-17-10-6-5-7-11-17)29-26(35)30-20-13-9-8-12-18(20)27-24(32)22(30)16(3)4/h5-13,15-16,19,21-22H,14H2,1-4H3,(H,27,32)(H,28,31)(H,29,35)(H,33,34)/t19-,21+,22-/m0/s1. The topological polar surface area (TPSA) is 128 Å². The Kier molecular flexibility index (Phi) is 8.11. The van der Waals surface area contributed by atoms with Crippen molar-refractivity contribution in [2.45, 2.75) is 52.2 Å². The number of anilines is 2. The first-order valence-corrected chi connectivity index (χ1v) is 11.7. The molecule has 3 rings (SSSR count). The minimum absolute atomic E-state index is 0.107. The van der Waals surface area contributed by atoms with Crippen molar-refractivity contribution in [2.24, 2.45) is 11.8 Å². The zero-order chi connectivity index (χ0) is 25.7. The summed E-state index contributed by atoms with van der Waals surface area (Å²) < 4.78 is 0. The molecule has 35 heavy (non-hydrogen) atoms. The van der Waals surface area contributed by atoms with Crippen LogP contribution in [0.15, 0.2) is 54.6 Å². The van der Waals surface area contributed by atoms with Crippen molar-refractivity contribution in [1.82, 2.24) is 10.6 Å². The minimum Gasteiger partial charge on any atom is -0.480 e. The Bertz CT molecular complexity index is 1090. The zero-order valence-electron chi connectivity index (χ0n) is 20.3. The number of hydrogen-bond donors (Lipinski definition) is 4. The number of hydrogen-bond acceptors (Lipinski definition) is 4. The molecule has 4 amide bonds. The number of para-hydroxylation sites is 2. The number of carboxylic acid groups (broad SMARTS) is 1. The van der Waals surface area contributed by atoms with Crippen LogP contribution in [-0.2, 0) is 20.8 Å². The number of aliphatic carboxylic acids is 1. The first-order chi connectivity index (χ1) is 16.6. The van der Waals surface area contributed by atoms with Gasteiger partial charge in [-0.2, -0.15) is 0 Å². The van der Waals surface area contributed by atoms with Gasteiger partial charge >= 0.3 is 12.0 Å². The molecule has 0 saturated heterocycles. The zero-order valence-corrected chi connectivity index (χ0v) is 20.3. The summed E-state index contributed by atoms with van der Waals surface area (Å²) in [4.78, 5) is 52.6. The molecule has 9 nitrogen and oxygen atoms in total. The maximum Gasteiger partial charge on any atom is 0.326 e.